The van der Waals surface area contributed by atoms with Crippen LogP contribution < -0.4 is 5.32 Å². The normalized spacial score (nSPS) is 28.1. The van der Waals surface area contributed by atoms with Gasteiger partial charge in [0.15, 0.2) is 0 Å². The molecule has 88 valence electrons. The molecule has 3 heteroatoms. The number of rotatable bonds is 2. The van der Waals surface area contributed by atoms with Crippen LogP contribution in [0.1, 0.15) is 47.0 Å². The minimum Gasteiger partial charge on any atom is -0.350 e. The van der Waals surface area contributed by atoms with Gasteiger partial charge in [0, 0.05) is 11.6 Å². The number of amides is 1. The molecular weight excluding hydrogens is 188 g/mol. The average molecular weight is 212 g/mol. The van der Waals surface area contributed by atoms with E-state index >= 15 is 0 Å². The minimum atomic E-state index is -0.123. The highest BCUT2D eigenvalue weighted by molar-refractivity contribution is 5.82. The van der Waals surface area contributed by atoms with Crippen LogP contribution >= 0.6 is 0 Å². The molecular formula is C12H24N2O. The Labute approximate surface area is 93.2 Å². The highest BCUT2D eigenvalue weighted by atomic mass is 16.2. The molecule has 0 unspecified atom stereocenters. The predicted octanol–water partition coefficient (Wildman–Crippen LogP) is 1.77. The third-order valence-corrected chi connectivity index (χ3v) is 3.11. The van der Waals surface area contributed by atoms with Gasteiger partial charge in [-0.25, -0.2) is 0 Å². The molecule has 1 aliphatic heterocycles. The summed E-state index contributed by atoms with van der Waals surface area (Å²) in [6.07, 6.45) is 3.28. The van der Waals surface area contributed by atoms with Gasteiger partial charge in [0.25, 0.3) is 0 Å². The van der Waals surface area contributed by atoms with Gasteiger partial charge in [-0.2, -0.15) is 0 Å². The summed E-state index contributed by atoms with van der Waals surface area (Å²) in [6.45, 7) is 8.26. The van der Waals surface area contributed by atoms with Crippen molar-refractivity contribution in [2.75, 3.05) is 7.05 Å². The summed E-state index contributed by atoms with van der Waals surface area (Å²) in [6, 6.07) is 0.662. The van der Waals surface area contributed by atoms with Crippen LogP contribution in [0, 0.1) is 0 Å². The van der Waals surface area contributed by atoms with E-state index in [9.17, 15) is 4.79 Å². The highest BCUT2D eigenvalue weighted by Crippen LogP contribution is 2.24. The first-order valence-corrected chi connectivity index (χ1v) is 5.89. The van der Waals surface area contributed by atoms with E-state index in [0.29, 0.717) is 6.04 Å². The molecule has 1 N–H and O–H groups in total. The second kappa shape index (κ2) is 4.52. The van der Waals surface area contributed by atoms with E-state index in [1.807, 2.05) is 20.8 Å². The van der Waals surface area contributed by atoms with E-state index in [-0.39, 0.29) is 17.5 Å². The molecule has 0 aromatic rings. The zero-order chi connectivity index (χ0) is 11.6. The second-order valence-electron chi connectivity index (χ2n) is 5.56. The SMILES string of the molecule is CC[C@H]1CC[C@@H](C(=O)NC(C)(C)C)N1C. The number of nitrogens with zero attached hydrogens (tertiary/aromatic N) is 1. The van der Waals surface area contributed by atoms with Crippen LogP contribution in [-0.4, -0.2) is 35.5 Å². The molecule has 0 aromatic heterocycles. The van der Waals surface area contributed by atoms with Gasteiger partial charge in [0.2, 0.25) is 5.91 Å². The van der Waals surface area contributed by atoms with Crippen LogP contribution in [0.15, 0.2) is 0 Å². The van der Waals surface area contributed by atoms with Gasteiger partial charge < -0.3 is 5.32 Å². The Bertz CT molecular complexity index is 232. The summed E-state index contributed by atoms with van der Waals surface area (Å²) in [5, 5.41) is 3.06. The monoisotopic (exact) mass is 212 g/mol. The molecule has 2 atom stereocenters. The van der Waals surface area contributed by atoms with Gasteiger partial charge in [-0.05, 0) is 47.1 Å². The molecule has 0 saturated carbocycles. The van der Waals surface area contributed by atoms with Gasteiger partial charge in [-0.3, -0.25) is 9.69 Å². The van der Waals surface area contributed by atoms with Crippen molar-refractivity contribution in [1.82, 2.24) is 10.2 Å². The Morgan fingerprint density at radius 3 is 2.40 bits per heavy atom. The van der Waals surface area contributed by atoms with Crippen LogP contribution in [0.25, 0.3) is 0 Å². The minimum absolute atomic E-state index is 0.0779. The molecule has 1 heterocycles. The lowest BCUT2D eigenvalue weighted by Crippen LogP contribution is -2.50. The second-order valence-corrected chi connectivity index (χ2v) is 5.56. The molecule has 1 aliphatic rings. The van der Waals surface area contributed by atoms with Crippen molar-refractivity contribution >= 4 is 5.91 Å². The van der Waals surface area contributed by atoms with E-state index in [1.165, 1.54) is 0 Å². The first-order chi connectivity index (χ1) is 6.85. The maximum Gasteiger partial charge on any atom is 0.237 e. The maximum atomic E-state index is 12.0. The summed E-state index contributed by atoms with van der Waals surface area (Å²) in [5.41, 5.74) is -0.123. The van der Waals surface area contributed by atoms with Crippen molar-refractivity contribution in [2.24, 2.45) is 0 Å². The summed E-state index contributed by atoms with van der Waals surface area (Å²) in [4.78, 5) is 14.2. The highest BCUT2D eigenvalue weighted by Gasteiger charge is 2.35. The molecule has 3 nitrogen and oxygen atoms in total. The zero-order valence-electron chi connectivity index (χ0n) is 10.6. The smallest absolute Gasteiger partial charge is 0.237 e. The van der Waals surface area contributed by atoms with Gasteiger partial charge >= 0.3 is 0 Å². The summed E-state index contributed by atoms with van der Waals surface area (Å²) in [5.74, 6) is 0.181. The Morgan fingerprint density at radius 1 is 1.40 bits per heavy atom. The molecule has 0 radical (unpaired) electrons. The van der Waals surface area contributed by atoms with E-state index in [1.54, 1.807) is 0 Å². The lowest BCUT2D eigenvalue weighted by Gasteiger charge is -2.28. The number of nitrogens with one attached hydrogen (secondary N) is 1. The van der Waals surface area contributed by atoms with E-state index in [4.69, 9.17) is 0 Å². The van der Waals surface area contributed by atoms with Crippen molar-refractivity contribution in [3.05, 3.63) is 0 Å². The molecule has 15 heavy (non-hydrogen) atoms. The number of carbonyl (C=O) groups excluding carboxylic acids is 1. The average Bonchev–Trinajstić information content (AvgIpc) is 2.43. The number of likely N-dealkylation sites (tertiary alicyclic amines) is 1. The molecule has 0 bridgehead atoms. The third-order valence-electron chi connectivity index (χ3n) is 3.11. The number of hydrogen-bond acceptors (Lipinski definition) is 2. The van der Waals surface area contributed by atoms with Crippen molar-refractivity contribution in [2.45, 2.75) is 64.6 Å². The van der Waals surface area contributed by atoms with Crippen LogP contribution in [0.4, 0.5) is 0 Å². The van der Waals surface area contributed by atoms with Crippen molar-refractivity contribution in [3.8, 4) is 0 Å². The fraction of sp³-hybridized carbons (Fsp3) is 0.917. The summed E-state index contributed by atoms with van der Waals surface area (Å²) in [7, 11) is 2.06. The summed E-state index contributed by atoms with van der Waals surface area (Å²) < 4.78 is 0. The van der Waals surface area contributed by atoms with Crippen molar-refractivity contribution in [3.63, 3.8) is 0 Å². The first-order valence-electron chi connectivity index (χ1n) is 5.89. The fourth-order valence-corrected chi connectivity index (χ4v) is 2.27. The van der Waals surface area contributed by atoms with Crippen LogP contribution in [-0.2, 0) is 4.79 Å². The number of likely N-dealkylation sites (N-methyl/N-ethyl adjacent to an activating group) is 1. The quantitative estimate of drug-likeness (QED) is 0.756. The predicted molar refractivity (Wildman–Crippen MR) is 62.8 cm³/mol. The first kappa shape index (κ1) is 12.5. The number of carbonyl (C=O) groups is 1. The molecule has 0 aliphatic carbocycles. The molecule has 1 amide bonds. The zero-order valence-corrected chi connectivity index (χ0v) is 10.6. The lowest BCUT2D eigenvalue weighted by atomic mass is 10.1. The number of hydrogen-bond donors (Lipinski definition) is 1. The van der Waals surface area contributed by atoms with Crippen LogP contribution in [0.5, 0.6) is 0 Å². The van der Waals surface area contributed by atoms with Crippen LogP contribution in [0.2, 0.25) is 0 Å². The topological polar surface area (TPSA) is 32.3 Å². The van der Waals surface area contributed by atoms with Crippen molar-refractivity contribution in [1.29, 1.82) is 0 Å². The fourth-order valence-electron chi connectivity index (χ4n) is 2.27. The molecule has 1 rings (SSSR count). The van der Waals surface area contributed by atoms with E-state index in [0.717, 1.165) is 19.3 Å². The third kappa shape index (κ3) is 3.20. The molecule has 0 spiro atoms. The summed E-state index contributed by atoms with van der Waals surface area (Å²) >= 11 is 0. The van der Waals surface area contributed by atoms with Crippen LogP contribution in [0.3, 0.4) is 0 Å². The van der Waals surface area contributed by atoms with Gasteiger partial charge in [-0.15, -0.1) is 0 Å². The maximum absolute atomic E-state index is 12.0. The van der Waals surface area contributed by atoms with E-state index in [2.05, 4.69) is 24.2 Å². The van der Waals surface area contributed by atoms with E-state index < -0.39 is 0 Å². The Kier molecular flexibility index (Phi) is 3.77. The standard InChI is InChI=1S/C12H24N2O/c1-6-9-7-8-10(14(9)5)11(15)13-12(2,3)4/h9-10H,6-8H2,1-5H3,(H,13,15)/t9-,10-/m0/s1. The molecule has 1 fully saturated rings. The van der Waals surface area contributed by atoms with Crippen molar-refractivity contribution < 1.29 is 4.79 Å². The lowest BCUT2D eigenvalue weighted by molar-refractivity contribution is -0.126. The van der Waals surface area contributed by atoms with Gasteiger partial charge in [-0.1, -0.05) is 6.92 Å². The largest absolute Gasteiger partial charge is 0.350 e. The molecule has 1 saturated heterocycles. The van der Waals surface area contributed by atoms with Gasteiger partial charge in [0.1, 0.15) is 0 Å². The molecule has 0 aromatic carbocycles. The van der Waals surface area contributed by atoms with Gasteiger partial charge in [0.05, 0.1) is 6.04 Å². The Hall–Kier alpha value is -0.570. The Balaban J connectivity index is 2.55. The Morgan fingerprint density at radius 2 is 2.00 bits per heavy atom.